The van der Waals surface area contributed by atoms with Crippen LogP contribution >= 0.6 is 0 Å². The molecule has 2 nitrogen and oxygen atoms in total. The van der Waals surface area contributed by atoms with E-state index in [9.17, 15) is 0 Å². The first-order valence-electron chi connectivity index (χ1n) is 9.45. The summed E-state index contributed by atoms with van der Waals surface area (Å²) in [4.78, 5) is 0. The Morgan fingerprint density at radius 2 is 1.17 bits per heavy atom. The van der Waals surface area contributed by atoms with Crippen molar-refractivity contribution in [2.24, 2.45) is 16.2 Å². The molecule has 0 fully saturated rings. The highest BCUT2D eigenvalue weighted by atomic mass is 16.5. The largest absolute Gasteiger partial charge is 0.381 e. The quantitative estimate of drug-likeness (QED) is 0.493. The van der Waals surface area contributed by atoms with Gasteiger partial charge >= 0.3 is 0 Å². The molecule has 0 aliphatic rings. The van der Waals surface area contributed by atoms with Crippen molar-refractivity contribution in [1.29, 1.82) is 0 Å². The van der Waals surface area contributed by atoms with Gasteiger partial charge in [-0.1, -0.05) is 48.5 Å². The summed E-state index contributed by atoms with van der Waals surface area (Å²) >= 11 is 0. The second-order valence-corrected chi connectivity index (χ2v) is 11.1. The van der Waals surface area contributed by atoms with Crippen LogP contribution in [0.15, 0.2) is 0 Å². The molecule has 1 N–H and O–H groups in total. The monoisotopic (exact) mass is 327 g/mol. The Balaban J connectivity index is 4.05. The minimum Gasteiger partial charge on any atom is -0.381 e. The number of rotatable bonds is 10. The molecule has 140 valence electrons. The van der Waals surface area contributed by atoms with Crippen molar-refractivity contribution in [1.82, 2.24) is 5.32 Å². The Hall–Kier alpha value is -0.0800. The minimum atomic E-state index is 0.218. The van der Waals surface area contributed by atoms with Crippen molar-refractivity contribution in [3.8, 4) is 0 Å². The standard InChI is InChI=1S/C21H45NO/c1-18(2,3)14-16-23-17-21(9,10)12-11-20(7,8)13-15-22-19(4,5)6/h22H,11-17H2,1-10H3. The maximum absolute atomic E-state index is 5.95. The molecule has 0 aliphatic carbocycles. The van der Waals surface area contributed by atoms with Crippen LogP contribution in [0.1, 0.15) is 94.9 Å². The van der Waals surface area contributed by atoms with Crippen LogP contribution in [-0.2, 0) is 4.74 Å². The van der Waals surface area contributed by atoms with Crippen molar-refractivity contribution >= 4 is 0 Å². The average molecular weight is 328 g/mol. The molecule has 23 heavy (non-hydrogen) atoms. The first kappa shape index (κ1) is 22.9. The predicted octanol–water partition coefficient (Wildman–Crippen LogP) is 6.05. The summed E-state index contributed by atoms with van der Waals surface area (Å²) in [6, 6.07) is 0. The van der Waals surface area contributed by atoms with E-state index < -0.39 is 0 Å². The van der Waals surface area contributed by atoms with Gasteiger partial charge in [-0.15, -0.1) is 0 Å². The van der Waals surface area contributed by atoms with Gasteiger partial charge in [-0.2, -0.15) is 0 Å². The van der Waals surface area contributed by atoms with Crippen molar-refractivity contribution in [2.45, 2.75) is 100 Å². The molecule has 0 aromatic rings. The topological polar surface area (TPSA) is 21.3 Å². The number of hydrogen-bond acceptors (Lipinski definition) is 2. The number of ether oxygens (including phenoxy) is 1. The molecule has 0 heterocycles. The second kappa shape index (κ2) is 8.85. The highest BCUT2D eigenvalue weighted by Crippen LogP contribution is 2.33. The lowest BCUT2D eigenvalue weighted by molar-refractivity contribution is 0.0378. The van der Waals surface area contributed by atoms with Gasteiger partial charge in [0.05, 0.1) is 6.61 Å². The van der Waals surface area contributed by atoms with Gasteiger partial charge in [-0.25, -0.2) is 0 Å². The minimum absolute atomic E-state index is 0.218. The Morgan fingerprint density at radius 1 is 0.652 bits per heavy atom. The summed E-state index contributed by atoms with van der Waals surface area (Å²) in [6.45, 7) is 25.8. The predicted molar refractivity (Wildman–Crippen MR) is 104 cm³/mol. The fraction of sp³-hybridized carbons (Fsp3) is 1.00. The first-order chi connectivity index (χ1) is 10.1. The lowest BCUT2D eigenvalue weighted by Crippen LogP contribution is -2.38. The Kier molecular flexibility index (Phi) is 8.82. The maximum atomic E-state index is 5.95. The van der Waals surface area contributed by atoms with E-state index in [1.807, 2.05) is 0 Å². The van der Waals surface area contributed by atoms with Crippen LogP contribution in [0.3, 0.4) is 0 Å². The van der Waals surface area contributed by atoms with E-state index in [2.05, 4.69) is 74.6 Å². The molecular weight excluding hydrogens is 282 g/mol. The molecule has 0 aromatic carbocycles. The normalized spacial score (nSPS) is 14.3. The van der Waals surface area contributed by atoms with E-state index in [0.717, 1.165) is 26.2 Å². The van der Waals surface area contributed by atoms with Crippen LogP contribution in [0.2, 0.25) is 0 Å². The van der Waals surface area contributed by atoms with Gasteiger partial charge in [-0.05, 0) is 69.2 Å². The van der Waals surface area contributed by atoms with E-state index in [1.54, 1.807) is 0 Å². The van der Waals surface area contributed by atoms with Crippen molar-refractivity contribution in [3.63, 3.8) is 0 Å². The smallest absolute Gasteiger partial charge is 0.0517 e. The van der Waals surface area contributed by atoms with Gasteiger partial charge in [0.15, 0.2) is 0 Å². The first-order valence-corrected chi connectivity index (χ1v) is 9.45. The van der Waals surface area contributed by atoms with Crippen LogP contribution in [0.25, 0.3) is 0 Å². The Bertz CT molecular complexity index is 318. The number of nitrogens with one attached hydrogen (secondary N) is 1. The van der Waals surface area contributed by atoms with E-state index >= 15 is 0 Å². The Labute approximate surface area is 147 Å². The molecule has 0 saturated carbocycles. The molecule has 2 heteroatoms. The SMILES string of the molecule is CC(C)(C)CCOCC(C)(C)CCC(C)(C)CCNC(C)(C)C. The molecule has 0 amide bonds. The average Bonchev–Trinajstić information content (AvgIpc) is 2.30. The third kappa shape index (κ3) is 15.2. The lowest BCUT2D eigenvalue weighted by Gasteiger charge is -2.32. The van der Waals surface area contributed by atoms with Gasteiger partial charge in [0.2, 0.25) is 0 Å². The molecule has 0 radical (unpaired) electrons. The van der Waals surface area contributed by atoms with Gasteiger partial charge < -0.3 is 10.1 Å². The molecule has 0 spiro atoms. The molecule has 0 unspecified atom stereocenters. The third-order valence-corrected chi connectivity index (χ3v) is 4.42. The molecule has 0 saturated heterocycles. The van der Waals surface area contributed by atoms with E-state index in [1.165, 1.54) is 19.3 Å². The van der Waals surface area contributed by atoms with Crippen molar-refractivity contribution in [3.05, 3.63) is 0 Å². The molecule has 0 atom stereocenters. The van der Waals surface area contributed by atoms with Crippen LogP contribution < -0.4 is 5.32 Å². The van der Waals surface area contributed by atoms with Crippen molar-refractivity contribution in [2.75, 3.05) is 19.8 Å². The second-order valence-electron chi connectivity index (χ2n) is 11.1. The summed E-state index contributed by atoms with van der Waals surface area (Å²) in [6.07, 6.45) is 4.85. The zero-order valence-corrected chi connectivity index (χ0v) is 17.9. The zero-order valence-electron chi connectivity index (χ0n) is 17.9. The third-order valence-electron chi connectivity index (χ3n) is 4.42. The maximum Gasteiger partial charge on any atom is 0.0517 e. The van der Waals surface area contributed by atoms with Gasteiger partial charge in [0, 0.05) is 12.1 Å². The summed E-state index contributed by atoms with van der Waals surface area (Å²) in [7, 11) is 0. The summed E-state index contributed by atoms with van der Waals surface area (Å²) in [5.41, 5.74) is 1.25. The van der Waals surface area contributed by atoms with Crippen molar-refractivity contribution < 1.29 is 4.74 Å². The van der Waals surface area contributed by atoms with E-state index in [0.29, 0.717) is 10.8 Å². The molecule has 0 aromatic heterocycles. The highest BCUT2D eigenvalue weighted by Gasteiger charge is 2.25. The van der Waals surface area contributed by atoms with Crippen LogP contribution in [0, 0.1) is 16.2 Å². The summed E-state index contributed by atoms with van der Waals surface area (Å²) in [5, 5.41) is 3.61. The fourth-order valence-electron chi connectivity index (χ4n) is 2.38. The molecule has 0 aliphatic heterocycles. The summed E-state index contributed by atoms with van der Waals surface area (Å²) < 4.78 is 5.95. The molecule has 0 rings (SSSR count). The zero-order chi connectivity index (χ0) is 18.4. The Morgan fingerprint density at radius 3 is 1.65 bits per heavy atom. The fourth-order valence-corrected chi connectivity index (χ4v) is 2.38. The van der Waals surface area contributed by atoms with E-state index in [-0.39, 0.29) is 11.0 Å². The van der Waals surface area contributed by atoms with Crippen LogP contribution in [0.4, 0.5) is 0 Å². The lowest BCUT2D eigenvalue weighted by atomic mass is 9.77. The van der Waals surface area contributed by atoms with Crippen LogP contribution in [-0.4, -0.2) is 25.3 Å². The summed E-state index contributed by atoms with van der Waals surface area (Å²) in [5.74, 6) is 0. The van der Waals surface area contributed by atoms with Crippen LogP contribution in [0.5, 0.6) is 0 Å². The van der Waals surface area contributed by atoms with Gasteiger partial charge in [0.1, 0.15) is 0 Å². The number of hydrogen-bond donors (Lipinski definition) is 1. The van der Waals surface area contributed by atoms with E-state index in [4.69, 9.17) is 4.74 Å². The van der Waals surface area contributed by atoms with Gasteiger partial charge in [-0.3, -0.25) is 0 Å². The molecular formula is C21H45NO. The highest BCUT2D eigenvalue weighted by molar-refractivity contribution is 4.78. The van der Waals surface area contributed by atoms with Gasteiger partial charge in [0.25, 0.3) is 0 Å². The molecule has 0 bridgehead atoms.